The lowest BCUT2D eigenvalue weighted by molar-refractivity contribution is 0.0985. The van der Waals surface area contributed by atoms with E-state index in [9.17, 15) is 21.6 Å². The molecule has 0 bridgehead atoms. The zero-order valence-electron chi connectivity index (χ0n) is 23.7. The molecule has 0 aliphatic rings. The second-order valence-corrected chi connectivity index (χ2v) is 14.7. The van der Waals surface area contributed by atoms with Gasteiger partial charge < -0.3 is 4.90 Å². The summed E-state index contributed by atoms with van der Waals surface area (Å²) in [7, 11) is -3.40. The fourth-order valence-electron chi connectivity index (χ4n) is 4.01. The average molecular weight is 631 g/mol. The SMILES string of the molecule is CCCCN(CCCC)S(=O)(=O)c1ccc(C(=O)N(CCN(C)C)c2nc3c(S(C)(=O)=O)cccc3s2)cc1.Cl. The molecular formula is C27H39ClN4O5S3. The van der Waals surface area contributed by atoms with Crippen molar-refractivity contribution in [2.45, 2.75) is 49.3 Å². The number of fused-ring (bicyclic) bond motifs is 1. The second-order valence-electron chi connectivity index (χ2n) is 9.77. The zero-order chi connectivity index (χ0) is 28.8. The molecule has 3 rings (SSSR count). The molecule has 1 heterocycles. The molecule has 0 fully saturated rings. The third-order valence-electron chi connectivity index (χ3n) is 6.28. The molecule has 0 unspecified atom stereocenters. The van der Waals surface area contributed by atoms with E-state index in [4.69, 9.17) is 0 Å². The minimum Gasteiger partial charge on any atom is -0.308 e. The van der Waals surface area contributed by atoms with Crippen LogP contribution >= 0.6 is 23.7 Å². The molecule has 0 aliphatic carbocycles. The molecule has 40 heavy (non-hydrogen) atoms. The van der Waals surface area contributed by atoms with Crippen molar-refractivity contribution in [2.24, 2.45) is 0 Å². The number of nitrogens with zero attached hydrogens (tertiary/aromatic N) is 4. The van der Waals surface area contributed by atoms with Crippen molar-refractivity contribution >= 4 is 64.9 Å². The lowest BCUT2D eigenvalue weighted by Crippen LogP contribution is -2.37. The fraction of sp³-hybridized carbons (Fsp3) is 0.481. The number of aromatic nitrogens is 1. The molecule has 0 saturated heterocycles. The molecule has 0 N–H and O–H groups in total. The van der Waals surface area contributed by atoms with E-state index in [-0.39, 0.29) is 28.1 Å². The quantitative estimate of drug-likeness (QED) is 0.249. The van der Waals surface area contributed by atoms with Crippen molar-refractivity contribution in [1.29, 1.82) is 0 Å². The summed E-state index contributed by atoms with van der Waals surface area (Å²) in [6, 6.07) is 11.0. The van der Waals surface area contributed by atoms with Crippen LogP contribution in [0.5, 0.6) is 0 Å². The van der Waals surface area contributed by atoms with E-state index < -0.39 is 19.9 Å². The van der Waals surface area contributed by atoms with Gasteiger partial charge in [-0.1, -0.05) is 44.1 Å². The smallest absolute Gasteiger partial charge is 0.260 e. The minimum absolute atomic E-state index is 0. The van der Waals surface area contributed by atoms with Crippen LogP contribution in [0.1, 0.15) is 49.9 Å². The van der Waals surface area contributed by atoms with Gasteiger partial charge in [0.05, 0.1) is 14.5 Å². The van der Waals surface area contributed by atoms with E-state index in [0.29, 0.717) is 47.1 Å². The first-order chi connectivity index (χ1) is 18.4. The number of carbonyl (C=O) groups excluding carboxylic acids is 1. The molecule has 3 aromatic rings. The summed E-state index contributed by atoms with van der Waals surface area (Å²) in [6.07, 6.45) is 4.49. The highest BCUT2D eigenvalue weighted by atomic mass is 35.5. The Kier molecular flexibility index (Phi) is 12.5. The molecule has 0 aliphatic heterocycles. The highest BCUT2D eigenvalue weighted by Gasteiger charge is 2.26. The number of thiazole rings is 1. The van der Waals surface area contributed by atoms with Crippen LogP contribution in [0.4, 0.5) is 5.13 Å². The summed E-state index contributed by atoms with van der Waals surface area (Å²) in [6.45, 7) is 5.86. The Morgan fingerprint density at radius 3 is 2.00 bits per heavy atom. The van der Waals surface area contributed by atoms with Gasteiger partial charge in [-0.05, 0) is 63.3 Å². The fourth-order valence-corrected chi connectivity index (χ4v) is 7.44. The predicted octanol–water partition coefficient (Wildman–Crippen LogP) is 4.92. The topological polar surface area (TPSA) is 108 Å². The van der Waals surface area contributed by atoms with Crippen molar-refractivity contribution < 1.29 is 21.6 Å². The number of amides is 1. The van der Waals surface area contributed by atoms with Crippen LogP contribution in [0.3, 0.4) is 0 Å². The maximum atomic E-state index is 13.7. The summed E-state index contributed by atoms with van der Waals surface area (Å²) in [5.41, 5.74) is 0.660. The Morgan fingerprint density at radius 1 is 0.875 bits per heavy atom. The largest absolute Gasteiger partial charge is 0.308 e. The lowest BCUT2D eigenvalue weighted by atomic mass is 10.2. The van der Waals surface area contributed by atoms with Crippen LogP contribution in [-0.4, -0.2) is 83.5 Å². The zero-order valence-corrected chi connectivity index (χ0v) is 26.9. The Morgan fingerprint density at radius 2 is 1.48 bits per heavy atom. The number of hydrogen-bond donors (Lipinski definition) is 0. The molecule has 13 heteroatoms. The van der Waals surface area contributed by atoms with Crippen LogP contribution in [0.2, 0.25) is 0 Å². The van der Waals surface area contributed by atoms with Crippen molar-refractivity contribution in [2.75, 3.05) is 51.4 Å². The third kappa shape index (κ3) is 8.23. The molecule has 0 spiro atoms. The van der Waals surface area contributed by atoms with Gasteiger partial charge in [0.15, 0.2) is 15.0 Å². The van der Waals surface area contributed by atoms with Crippen molar-refractivity contribution in [1.82, 2.24) is 14.2 Å². The van der Waals surface area contributed by atoms with Crippen LogP contribution in [0, 0.1) is 0 Å². The summed E-state index contributed by atoms with van der Waals surface area (Å²) < 4.78 is 53.5. The van der Waals surface area contributed by atoms with Gasteiger partial charge in [0.2, 0.25) is 10.0 Å². The molecule has 9 nitrogen and oxygen atoms in total. The lowest BCUT2D eigenvalue weighted by Gasteiger charge is -2.23. The van der Waals surface area contributed by atoms with Crippen molar-refractivity contribution in [3.8, 4) is 0 Å². The maximum Gasteiger partial charge on any atom is 0.260 e. The minimum atomic E-state index is -3.68. The highest BCUT2D eigenvalue weighted by molar-refractivity contribution is 7.91. The van der Waals surface area contributed by atoms with Gasteiger partial charge in [0.25, 0.3) is 5.91 Å². The number of sulfone groups is 1. The molecule has 0 radical (unpaired) electrons. The van der Waals surface area contributed by atoms with Gasteiger partial charge in [-0.2, -0.15) is 4.31 Å². The van der Waals surface area contributed by atoms with Crippen LogP contribution < -0.4 is 4.90 Å². The summed E-state index contributed by atoms with van der Waals surface area (Å²) in [5.74, 6) is -0.338. The first-order valence-electron chi connectivity index (χ1n) is 13.1. The summed E-state index contributed by atoms with van der Waals surface area (Å²) in [5, 5.41) is 0.384. The van der Waals surface area contributed by atoms with E-state index in [0.717, 1.165) is 31.9 Å². The number of halogens is 1. The molecule has 0 atom stereocenters. The molecular weight excluding hydrogens is 592 g/mol. The second kappa shape index (κ2) is 14.7. The number of rotatable bonds is 14. The first kappa shape index (κ1) is 34.1. The number of unbranched alkanes of at least 4 members (excludes halogenated alkanes) is 2. The van der Waals surface area contributed by atoms with E-state index in [1.165, 1.54) is 50.9 Å². The number of likely N-dealkylation sites (N-methyl/N-ethyl adjacent to an activating group) is 1. The Balaban J connectivity index is 0.00000560. The van der Waals surface area contributed by atoms with Crippen molar-refractivity contribution in [3.05, 3.63) is 48.0 Å². The van der Waals surface area contributed by atoms with Gasteiger partial charge in [0.1, 0.15) is 5.52 Å². The number of carbonyl (C=O) groups is 1. The Labute approximate surface area is 248 Å². The standard InChI is InChI=1S/C27H38N4O5S3.ClH/c1-6-8-17-30(18-9-7-2)39(35,36)22-15-13-21(14-16-22)26(32)31(20-19-29(3)4)27-28-25-23(37-27)11-10-12-24(25)38(5,33)34;/h10-16H,6-9,17-20H2,1-5H3;1H. The number of para-hydroxylation sites is 1. The Bertz CT molecular complexity index is 1480. The molecule has 1 aromatic heterocycles. The van der Waals surface area contributed by atoms with Crippen molar-refractivity contribution in [3.63, 3.8) is 0 Å². The van der Waals surface area contributed by atoms with Gasteiger partial charge >= 0.3 is 0 Å². The van der Waals surface area contributed by atoms with Gasteiger partial charge in [-0.15, -0.1) is 12.4 Å². The van der Waals surface area contributed by atoms with E-state index in [1.54, 1.807) is 12.1 Å². The van der Waals surface area contributed by atoms with Gasteiger partial charge in [-0.25, -0.2) is 21.8 Å². The van der Waals surface area contributed by atoms with E-state index >= 15 is 0 Å². The molecule has 222 valence electrons. The number of benzene rings is 2. The number of sulfonamides is 1. The van der Waals surface area contributed by atoms with Crippen LogP contribution in [-0.2, 0) is 19.9 Å². The number of hydrogen-bond acceptors (Lipinski definition) is 8. The summed E-state index contributed by atoms with van der Waals surface area (Å²) >= 11 is 1.25. The van der Waals surface area contributed by atoms with E-state index in [2.05, 4.69) is 4.98 Å². The maximum absolute atomic E-state index is 13.7. The molecule has 2 aromatic carbocycles. The first-order valence-corrected chi connectivity index (χ1v) is 17.2. The normalized spacial score (nSPS) is 12.2. The Hall–Kier alpha value is -2.09. The van der Waals surface area contributed by atoms with E-state index in [1.807, 2.05) is 32.8 Å². The van der Waals surface area contributed by atoms with Gasteiger partial charge in [0, 0.05) is 38.0 Å². The number of anilines is 1. The van der Waals surface area contributed by atoms with Crippen LogP contribution in [0.15, 0.2) is 52.3 Å². The van der Waals surface area contributed by atoms with Gasteiger partial charge in [-0.3, -0.25) is 9.69 Å². The van der Waals surface area contributed by atoms with Crippen LogP contribution in [0.25, 0.3) is 10.2 Å². The third-order valence-corrected chi connectivity index (χ3v) is 10.4. The molecule has 1 amide bonds. The highest BCUT2D eigenvalue weighted by Crippen LogP contribution is 2.33. The monoisotopic (exact) mass is 630 g/mol. The molecule has 0 saturated carbocycles. The average Bonchev–Trinajstić information content (AvgIpc) is 3.31. The predicted molar refractivity (Wildman–Crippen MR) is 165 cm³/mol. The summed E-state index contributed by atoms with van der Waals surface area (Å²) in [4.78, 5) is 22.0.